The molecule has 0 aliphatic carbocycles. The van der Waals surface area contributed by atoms with Gasteiger partial charge in [-0.3, -0.25) is 10.1 Å². The van der Waals surface area contributed by atoms with Crippen molar-refractivity contribution in [2.45, 2.75) is 6.10 Å². The zero-order chi connectivity index (χ0) is 17.1. The molecule has 1 unspecified atom stereocenters. The maximum absolute atomic E-state index is 11.9. The highest BCUT2D eigenvalue weighted by Crippen LogP contribution is 2.30. The van der Waals surface area contributed by atoms with Gasteiger partial charge in [0.1, 0.15) is 11.3 Å². The Balaban J connectivity index is 2.00. The minimum Gasteiger partial charge on any atom is -0.418 e. The van der Waals surface area contributed by atoms with Crippen molar-refractivity contribution in [3.05, 3.63) is 80.7 Å². The van der Waals surface area contributed by atoms with E-state index in [-0.39, 0.29) is 17.8 Å². The molecule has 0 aliphatic heterocycles. The standard InChI is InChI=1S/C17H14N2O5/c20-13(11-6-2-1-3-7-11)10-18-15-12-8-4-5-9-14(12)24-17(21)16(15)19(22)23/h1-9,13,18,20H,10H2. The number of hydrogen-bond acceptors (Lipinski definition) is 6. The summed E-state index contributed by atoms with van der Waals surface area (Å²) in [4.78, 5) is 22.4. The number of nitro groups is 1. The lowest BCUT2D eigenvalue weighted by Crippen LogP contribution is -2.16. The molecule has 0 radical (unpaired) electrons. The van der Waals surface area contributed by atoms with Crippen LogP contribution in [-0.2, 0) is 0 Å². The first-order chi connectivity index (χ1) is 11.6. The fourth-order valence-corrected chi connectivity index (χ4v) is 2.48. The van der Waals surface area contributed by atoms with Crippen LogP contribution in [0.5, 0.6) is 0 Å². The highest BCUT2D eigenvalue weighted by molar-refractivity contribution is 5.94. The Labute approximate surface area is 136 Å². The van der Waals surface area contributed by atoms with E-state index in [1.54, 1.807) is 48.5 Å². The van der Waals surface area contributed by atoms with Gasteiger partial charge in [0.25, 0.3) is 0 Å². The van der Waals surface area contributed by atoms with E-state index in [1.165, 1.54) is 0 Å². The summed E-state index contributed by atoms with van der Waals surface area (Å²) in [5.74, 6) is 0. The van der Waals surface area contributed by atoms with Crippen LogP contribution in [0, 0.1) is 10.1 Å². The summed E-state index contributed by atoms with van der Waals surface area (Å²) in [5, 5.41) is 24.7. The van der Waals surface area contributed by atoms with Crippen LogP contribution in [0.15, 0.2) is 63.8 Å². The normalized spacial score (nSPS) is 12.0. The summed E-state index contributed by atoms with van der Waals surface area (Å²) >= 11 is 0. The third-order valence-corrected chi connectivity index (χ3v) is 3.63. The third kappa shape index (κ3) is 2.97. The molecule has 0 saturated heterocycles. The molecule has 1 aromatic heterocycles. The molecule has 24 heavy (non-hydrogen) atoms. The second kappa shape index (κ2) is 6.51. The molecule has 122 valence electrons. The van der Waals surface area contributed by atoms with Gasteiger partial charge in [0, 0.05) is 11.9 Å². The zero-order valence-electron chi connectivity index (χ0n) is 12.5. The van der Waals surface area contributed by atoms with Crippen molar-refractivity contribution in [3.63, 3.8) is 0 Å². The average molecular weight is 326 g/mol. The summed E-state index contributed by atoms with van der Waals surface area (Å²) < 4.78 is 4.99. The zero-order valence-corrected chi connectivity index (χ0v) is 12.5. The van der Waals surface area contributed by atoms with Crippen LogP contribution in [0.4, 0.5) is 11.4 Å². The number of nitrogens with one attached hydrogen (secondary N) is 1. The second-order valence-corrected chi connectivity index (χ2v) is 5.17. The van der Waals surface area contributed by atoms with Crippen molar-refractivity contribution in [1.82, 2.24) is 0 Å². The molecule has 0 aliphatic rings. The van der Waals surface area contributed by atoms with Crippen molar-refractivity contribution in [2.24, 2.45) is 0 Å². The molecule has 2 aromatic carbocycles. The van der Waals surface area contributed by atoms with E-state index < -0.39 is 22.3 Å². The fourth-order valence-electron chi connectivity index (χ4n) is 2.48. The number of hydrogen-bond donors (Lipinski definition) is 2. The highest BCUT2D eigenvalue weighted by atomic mass is 16.6. The molecule has 3 aromatic rings. The van der Waals surface area contributed by atoms with Crippen LogP contribution in [0.1, 0.15) is 11.7 Å². The molecule has 0 amide bonds. The molecule has 0 saturated carbocycles. The molecule has 0 fully saturated rings. The lowest BCUT2D eigenvalue weighted by molar-refractivity contribution is -0.386. The molecule has 0 bridgehead atoms. The van der Waals surface area contributed by atoms with Gasteiger partial charge >= 0.3 is 11.3 Å². The molecule has 0 spiro atoms. The Bertz CT molecular complexity index is 937. The van der Waals surface area contributed by atoms with Gasteiger partial charge in [-0.2, -0.15) is 0 Å². The summed E-state index contributed by atoms with van der Waals surface area (Å²) in [6.07, 6.45) is -0.878. The van der Waals surface area contributed by atoms with Crippen molar-refractivity contribution in [3.8, 4) is 0 Å². The van der Waals surface area contributed by atoms with Crippen LogP contribution in [0.2, 0.25) is 0 Å². The SMILES string of the molecule is O=c1oc2ccccc2c(NCC(O)c2ccccc2)c1[N+](=O)[O-]. The van der Waals surface area contributed by atoms with Crippen molar-refractivity contribution in [2.75, 3.05) is 11.9 Å². The van der Waals surface area contributed by atoms with Crippen molar-refractivity contribution >= 4 is 22.3 Å². The largest absolute Gasteiger partial charge is 0.418 e. The van der Waals surface area contributed by atoms with E-state index in [4.69, 9.17) is 4.42 Å². The number of benzene rings is 2. The van der Waals surface area contributed by atoms with E-state index in [1.807, 2.05) is 6.07 Å². The Morgan fingerprint density at radius 1 is 1.12 bits per heavy atom. The van der Waals surface area contributed by atoms with Gasteiger partial charge in [-0.1, -0.05) is 42.5 Å². The Kier molecular flexibility index (Phi) is 4.26. The third-order valence-electron chi connectivity index (χ3n) is 3.63. The predicted molar refractivity (Wildman–Crippen MR) is 89.0 cm³/mol. The fraction of sp³-hybridized carbons (Fsp3) is 0.118. The lowest BCUT2D eigenvalue weighted by atomic mass is 10.1. The highest BCUT2D eigenvalue weighted by Gasteiger charge is 2.25. The van der Waals surface area contributed by atoms with Gasteiger partial charge in [0.15, 0.2) is 0 Å². The Morgan fingerprint density at radius 3 is 2.50 bits per heavy atom. The van der Waals surface area contributed by atoms with Crippen LogP contribution >= 0.6 is 0 Å². The first kappa shape index (κ1) is 15.7. The molecular formula is C17H14N2O5. The summed E-state index contributed by atoms with van der Waals surface area (Å²) in [5.41, 5.74) is -0.754. The number of rotatable bonds is 5. The second-order valence-electron chi connectivity index (χ2n) is 5.17. The van der Waals surface area contributed by atoms with E-state index >= 15 is 0 Å². The van der Waals surface area contributed by atoms with E-state index in [9.17, 15) is 20.0 Å². The molecular weight excluding hydrogens is 312 g/mol. The number of para-hydroxylation sites is 1. The van der Waals surface area contributed by atoms with Gasteiger partial charge in [-0.25, -0.2) is 4.79 Å². The quantitative estimate of drug-likeness (QED) is 0.424. The molecule has 2 N–H and O–H groups in total. The van der Waals surface area contributed by atoms with Crippen molar-refractivity contribution < 1.29 is 14.4 Å². The molecule has 7 heteroatoms. The topological polar surface area (TPSA) is 106 Å². The van der Waals surface area contributed by atoms with Crippen LogP contribution < -0.4 is 10.9 Å². The lowest BCUT2D eigenvalue weighted by Gasteiger charge is -2.14. The molecule has 1 heterocycles. The Hall–Kier alpha value is -3.19. The van der Waals surface area contributed by atoms with Gasteiger partial charge in [0.2, 0.25) is 0 Å². The van der Waals surface area contributed by atoms with Gasteiger partial charge in [0.05, 0.1) is 11.0 Å². The van der Waals surface area contributed by atoms with Gasteiger partial charge in [-0.15, -0.1) is 0 Å². The summed E-state index contributed by atoms with van der Waals surface area (Å²) in [6, 6.07) is 15.4. The maximum Gasteiger partial charge on any atom is 0.417 e. The van der Waals surface area contributed by atoms with Gasteiger partial charge in [-0.05, 0) is 17.7 Å². The number of aliphatic hydroxyl groups excluding tert-OH is 1. The van der Waals surface area contributed by atoms with E-state index in [0.29, 0.717) is 10.9 Å². The van der Waals surface area contributed by atoms with Crippen LogP contribution in [0.3, 0.4) is 0 Å². The smallest absolute Gasteiger partial charge is 0.417 e. The molecule has 7 nitrogen and oxygen atoms in total. The first-order valence-electron chi connectivity index (χ1n) is 7.25. The number of nitrogens with zero attached hydrogens (tertiary/aromatic N) is 1. The minimum atomic E-state index is -1.03. The Morgan fingerprint density at radius 2 is 1.79 bits per heavy atom. The molecule has 1 atom stereocenters. The minimum absolute atomic E-state index is 0.0122. The number of anilines is 1. The van der Waals surface area contributed by atoms with E-state index in [2.05, 4.69) is 5.32 Å². The summed E-state index contributed by atoms with van der Waals surface area (Å²) in [6.45, 7) is 0.0122. The predicted octanol–water partition coefficient (Wildman–Crippen LogP) is 2.85. The number of fused-ring (bicyclic) bond motifs is 1. The van der Waals surface area contributed by atoms with Crippen molar-refractivity contribution in [1.29, 1.82) is 0 Å². The maximum atomic E-state index is 11.9. The van der Waals surface area contributed by atoms with Gasteiger partial charge < -0.3 is 14.8 Å². The summed E-state index contributed by atoms with van der Waals surface area (Å²) in [7, 11) is 0. The van der Waals surface area contributed by atoms with Crippen LogP contribution in [-0.4, -0.2) is 16.6 Å². The number of aliphatic hydroxyl groups is 1. The molecule has 3 rings (SSSR count). The average Bonchev–Trinajstić information content (AvgIpc) is 2.59. The van der Waals surface area contributed by atoms with Crippen LogP contribution in [0.25, 0.3) is 11.0 Å². The van der Waals surface area contributed by atoms with E-state index in [0.717, 1.165) is 0 Å². The first-order valence-corrected chi connectivity index (χ1v) is 7.25. The monoisotopic (exact) mass is 326 g/mol.